The van der Waals surface area contributed by atoms with Crippen molar-refractivity contribution in [2.45, 2.75) is 13.8 Å². The number of aromatic nitrogens is 1. The Bertz CT molecular complexity index is 578. The number of thiazole rings is 1. The van der Waals surface area contributed by atoms with Crippen molar-refractivity contribution in [3.05, 3.63) is 34.7 Å². The van der Waals surface area contributed by atoms with E-state index in [1.807, 2.05) is 11.4 Å². The third-order valence-electron chi connectivity index (χ3n) is 2.70. The van der Waals surface area contributed by atoms with Crippen LogP contribution in [0.2, 0.25) is 0 Å². The third kappa shape index (κ3) is 2.75. The van der Waals surface area contributed by atoms with Gasteiger partial charge in [-0.15, -0.1) is 11.3 Å². The number of aliphatic hydroxyl groups is 1. The van der Waals surface area contributed by atoms with Gasteiger partial charge in [0.15, 0.2) is 5.13 Å². The number of carbonyl (C=O) groups is 1. The molecule has 5 heteroatoms. The van der Waals surface area contributed by atoms with Gasteiger partial charge in [0.25, 0.3) is 5.91 Å². The van der Waals surface area contributed by atoms with Crippen molar-refractivity contribution in [3.8, 4) is 11.3 Å². The molecule has 1 amide bonds. The quantitative estimate of drug-likeness (QED) is 0.892. The molecule has 0 spiro atoms. The lowest BCUT2D eigenvalue weighted by atomic mass is 10.1. The smallest absolute Gasteiger partial charge is 0.251 e. The first-order chi connectivity index (χ1) is 8.60. The molecule has 0 aliphatic carbocycles. The molecule has 0 saturated carbocycles. The second kappa shape index (κ2) is 5.29. The summed E-state index contributed by atoms with van der Waals surface area (Å²) < 4.78 is 0. The van der Waals surface area contributed by atoms with E-state index in [4.69, 9.17) is 5.11 Å². The number of aliphatic hydroxyl groups excluding tert-OH is 1. The highest BCUT2D eigenvalue weighted by Crippen LogP contribution is 2.26. The Hall–Kier alpha value is -1.72. The summed E-state index contributed by atoms with van der Waals surface area (Å²) in [5, 5.41) is 13.6. The lowest BCUT2D eigenvalue weighted by Crippen LogP contribution is -2.15. The van der Waals surface area contributed by atoms with Gasteiger partial charge in [0, 0.05) is 10.9 Å². The highest BCUT2D eigenvalue weighted by Gasteiger charge is 2.07. The standard InChI is InChI=1S/C13H14N2O2S/c1-8-3-4-10(5-9(8)2)11-7-18-13(14-11)15-12(17)6-16/h3-5,7,16H,6H2,1-2H3,(H,14,15,17). The van der Waals surface area contributed by atoms with Crippen LogP contribution in [0.15, 0.2) is 23.6 Å². The van der Waals surface area contributed by atoms with Gasteiger partial charge in [-0.1, -0.05) is 12.1 Å². The monoisotopic (exact) mass is 262 g/mol. The molecule has 0 atom stereocenters. The van der Waals surface area contributed by atoms with E-state index in [1.54, 1.807) is 0 Å². The Kier molecular flexibility index (Phi) is 3.74. The molecular formula is C13H14N2O2S. The number of carbonyl (C=O) groups excluding carboxylic acids is 1. The van der Waals surface area contributed by atoms with Crippen molar-refractivity contribution in [3.63, 3.8) is 0 Å². The molecule has 2 rings (SSSR count). The topological polar surface area (TPSA) is 62.2 Å². The number of aryl methyl sites for hydroxylation is 2. The third-order valence-corrected chi connectivity index (χ3v) is 3.45. The molecule has 0 radical (unpaired) electrons. The van der Waals surface area contributed by atoms with Crippen LogP contribution in [0.1, 0.15) is 11.1 Å². The van der Waals surface area contributed by atoms with Crippen molar-refractivity contribution in [1.82, 2.24) is 4.98 Å². The molecular weight excluding hydrogens is 248 g/mol. The minimum atomic E-state index is -0.529. The normalized spacial score (nSPS) is 10.4. The molecule has 2 aromatic rings. The summed E-state index contributed by atoms with van der Waals surface area (Å²) in [4.78, 5) is 15.3. The minimum Gasteiger partial charge on any atom is -0.387 e. The van der Waals surface area contributed by atoms with Crippen molar-refractivity contribution in [2.75, 3.05) is 11.9 Å². The van der Waals surface area contributed by atoms with Crippen LogP contribution in [0.5, 0.6) is 0 Å². The zero-order chi connectivity index (χ0) is 13.1. The molecule has 1 aromatic carbocycles. The highest BCUT2D eigenvalue weighted by molar-refractivity contribution is 7.14. The van der Waals surface area contributed by atoms with Gasteiger partial charge in [0.05, 0.1) is 5.69 Å². The number of nitrogens with zero attached hydrogens (tertiary/aromatic N) is 1. The molecule has 0 saturated heterocycles. The Balaban J connectivity index is 2.23. The predicted octanol–water partition coefficient (Wildman–Crippen LogP) is 2.36. The van der Waals surface area contributed by atoms with Gasteiger partial charge in [-0.05, 0) is 31.0 Å². The molecule has 0 unspecified atom stereocenters. The van der Waals surface area contributed by atoms with Gasteiger partial charge in [-0.3, -0.25) is 10.1 Å². The van der Waals surface area contributed by atoms with Gasteiger partial charge < -0.3 is 5.11 Å². The number of amides is 1. The van der Waals surface area contributed by atoms with Crippen LogP contribution in [0.25, 0.3) is 11.3 Å². The number of nitrogens with one attached hydrogen (secondary N) is 1. The molecule has 18 heavy (non-hydrogen) atoms. The Morgan fingerprint density at radius 1 is 1.39 bits per heavy atom. The molecule has 0 aliphatic heterocycles. The van der Waals surface area contributed by atoms with E-state index in [9.17, 15) is 4.79 Å². The highest BCUT2D eigenvalue weighted by atomic mass is 32.1. The first-order valence-corrected chi connectivity index (χ1v) is 6.42. The first kappa shape index (κ1) is 12.7. The molecule has 1 aromatic heterocycles. The SMILES string of the molecule is Cc1ccc(-c2csc(NC(=O)CO)n2)cc1C. The Morgan fingerprint density at radius 3 is 2.83 bits per heavy atom. The molecule has 0 bridgehead atoms. The summed E-state index contributed by atoms with van der Waals surface area (Å²) in [5.74, 6) is -0.448. The summed E-state index contributed by atoms with van der Waals surface area (Å²) in [7, 11) is 0. The van der Waals surface area contributed by atoms with Crippen LogP contribution in [0, 0.1) is 13.8 Å². The van der Waals surface area contributed by atoms with Crippen LogP contribution >= 0.6 is 11.3 Å². The molecule has 0 aliphatic rings. The van der Waals surface area contributed by atoms with Crippen LogP contribution in [-0.4, -0.2) is 22.6 Å². The van der Waals surface area contributed by atoms with Crippen molar-refractivity contribution in [2.24, 2.45) is 0 Å². The molecule has 1 heterocycles. The number of hydrogen-bond donors (Lipinski definition) is 2. The van der Waals surface area contributed by atoms with Gasteiger partial charge >= 0.3 is 0 Å². The summed E-state index contributed by atoms with van der Waals surface area (Å²) in [6.07, 6.45) is 0. The largest absolute Gasteiger partial charge is 0.387 e. The van der Waals surface area contributed by atoms with Crippen molar-refractivity contribution < 1.29 is 9.90 Å². The van der Waals surface area contributed by atoms with E-state index in [0.29, 0.717) is 5.13 Å². The van der Waals surface area contributed by atoms with E-state index in [0.717, 1.165) is 11.3 Å². The van der Waals surface area contributed by atoms with Crippen LogP contribution < -0.4 is 5.32 Å². The lowest BCUT2D eigenvalue weighted by molar-refractivity contribution is -0.118. The van der Waals surface area contributed by atoms with Gasteiger partial charge in [0.1, 0.15) is 6.61 Å². The van der Waals surface area contributed by atoms with E-state index in [1.165, 1.54) is 22.5 Å². The van der Waals surface area contributed by atoms with E-state index in [-0.39, 0.29) is 0 Å². The molecule has 0 fully saturated rings. The molecule has 4 nitrogen and oxygen atoms in total. The Morgan fingerprint density at radius 2 is 2.17 bits per heavy atom. The fourth-order valence-electron chi connectivity index (χ4n) is 1.52. The summed E-state index contributed by atoms with van der Waals surface area (Å²) in [6, 6.07) is 6.13. The van der Waals surface area contributed by atoms with Crippen LogP contribution in [0.4, 0.5) is 5.13 Å². The minimum absolute atomic E-state index is 0.448. The zero-order valence-electron chi connectivity index (χ0n) is 10.2. The fourth-order valence-corrected chi connectivity index (χ4v) is 2.26. The molecule has 2 N–H and O–H groups in total. The fraction of sp³-hybridized carbons (Fsp3) is 0.231. The maximum absolute atomic E-state index is 11.0. The average molecular weight is 262 g/mol. The summed E-state index contributed by atoms with van der Waals surface area (Å²) in [5.41, 5.74) is 4.31. The zero-order valence-corrected chi connectivity index (χ0v) is 11.0. The maximum Gasteiger partial charge on any atom is 0.251 e. The summed E-state index contributed by atoms with van der Waals surface area (Å²) in [6.45, 7) is 3.59. The second-order valence-electron chi connectivity index (χ2n) is 4.04. The number of rotatable bonds is 3. The maximum atomic E-state index is 11.0. The Labute approximate surface area is 109 Å². The number of anilines is 1. The predicted molar refractivity (Wildman–Crippen MR) is 72.7 cm³/mol. The van der Waals surface area contributed by atoms with Crippen LogP contribution in [-0.2, 0) is 4.79 Å². The number of hydrogen-bond acceptors (Lipinski definition) is 4. The van der Waals surface area contributed by atoms with Crippen molar-refractivity contribution >= 4 is 22.4 Å². The van der Waals surface area contributed by atoms with E-state index < -0.39 is 12.5 Å². The van der Waals surface area contributed by atoms with Gasteiger partial charge in [0.2, 0.25) is 0 Å². The number of benzene rings is 1. The molecule has 94 valence electrons. The average Bonchev–Trinajstić information content (AvgIpc) is 2.81. The summed E-state index contributed by atoms with van der Waals surface area (Å²) >= 11 is 1.34. The van der Waals surface area contributed by atoms with Gasteiger partial charge in [-0.2, -0.15) is 0 Å². The first-order valence-electron chi connectivity index (χ1n) is 5.54. The van der Waals surface area contributed by atoms with Crippen LogP contribution in [0.3, 0.4) is 0 Å². The van der Waals surface area contributed by atoms with E-state index in [2.05, 4.69) is 36.3 Å². The van der Waals surface area contributed by atoms with Gasteiger partial charge in [-0.25, -0.2) is 4.98 Å². The van der Waals surface area contributed by atoms with E-state index >= 15 is 0 Å². The second-order valence-corrected chi connectivity index (χ2v) is 4.90. The lowest BCUT2D eigenvalue weighted by Gasteiger charge is -2.02. The van der Waals surface area contributed by atoms with Crippen molar-refractivity contribution in [1.29, 1.82) is 0 Å².